The maximum Gasteiger partial charge on any atom is 0.298 e. The van der Waals surface area contributed by atoms with Crippen molar-refractivity contribution in [3.05, 3.63) is 0 Å². The number of nitrogens with two attached hydrogens (primary N) is 1. The van der Waals surface area contributed by atoms with Crippen LogP contribution in [-0.4, -0.2) is 29.9 Å². The normalized spacial score (nSPS) is 21.1. The molecule has 3 heteroatoms. The molecule has 72 valence electrons. The molecule has 0 radical (unpaired) electrons. The molecule has 1 fully saturated rings. The summed E-state index contributed by atoms with van der Waals surface area (Å²) in [5.41, 5.74) is 5.47. The SMILES string of the molecule is CC#CC(=O)N1CCCC1CCN. The Morgan fingerprint density at radius 3 is 3.08 bits per heavy atom. The first-order chi connectivity index (χ1) is 6.29. The van der Waals surface area contributed by atoms with Crippen molar-refractivity contribution in [2.24, 2.45) is 5.73 Å². The van der Waals surface area contributed by atoms with Crippen molar-refractivity contribution in [3.63, 3.8) is 0 Å². The van der Waals surface area contributed by atoms with Crippen LogP contribution in [0.25, 0.3) is 0 Å². The molecule has 1 unspecified atom stereocenters. The van der Waals surface area contributed by atoms with E-state index >= 15 is 0 Å². The summed E-state index contributed by atoms with van der Waals surface area (Å²) in [5.74, 6) is 5.16. The maximum absolute atomic E-state index is 11.4. The van der Waals surface area contributed by atoms with E-state index in [4.69, 9.17) is 5.73 Å². The first kappa shape index (κ1) is 10.1. The molecule has 0 aromatic rings. The Hall–Kier alpha value is -1.01. The first-order valence-corrected chi connectivity index (χ1v) is 4.73. The Morgan fingerprint density at radius 1 is 1.69 bits per heavy atom. The highest BCUT2D eigenvalue weighted by Crippen LogP contribution is 2.19. The lowest BCUT2D eigenvalue weighted by molar-refractivity contribution is -0.125. The molecule has 1 heterocycles. The van der Waals surface area contributed by atoms with Gasteiger partial charge in [-0.1, -0.05) is 5.92 Å². The van der Waals surface area contributed by atoms with Gasteiger partial charge in [-0.2, -0.15) is 0 Å². The fourth-order valence-corrected chi connectivity index (χ4v) is 1.77. The molecule has 1 rings (SSSR count). The standard InChI is InChI=1S/C10H16N2O/c1-2-4-10(13)12-8-3-5-9(12)6-7-11/h9H,3,5-8,11H2,1H3. The molecule has 1 aliphatic rings. The van der Waals surface area contributed by atoms with Crippen LogP contribution in [0.1, 0.15) is 26.2 Å². The van der Waals surface area contributed by atoms with Gasteiger partial charge in [0, 0.05) is 12.6 Å². The molecule has 0 aromatic carbocycles. The van der Waals surface area contributed by atoms with Gasteiger partial charge < -0.3 is 10.6 Å². The van der Waals surface area contributed by atoms with E-state index in [2.05, 4.69) is 11.8 Å². The second kappa shape index (κ2) is 4.88. The van der Waals surface area contributed by atoms with Gasteiger partial charge in [-0.3, -0.25) is 4.79 Å². The predicted octanol–water partition coefficient (Wildman–Crippen LogP) is 0.350. The summed E-state index contributed by atoms with van der Waals surface area (Å²) in [6, 6.07) is 0.332. The molecule has 0 spiro atoms. The predicted molar refractivity (Wildman–Crippen MR) is 51.9 cm³/mol. The number of amides is 1. The summed E-state index contributed by atoms with van der Waals surface area (Å²) in [4.78, 5) is 13.3. The second-order valence-corrected chi connectivity index (χ2v) is 3.25. The maximum atomic E-state index is 11.4. The molecule has 1 saturated heterocycles. The van der Waals surface area contributed by atoms with E-state index in [9.17, 15) is 4.79 Å². The van der Waals surface area contributed by atoms with Crippen molar-refractivity contribution >= 4 is 5.91 Å². The number of carbonyl (C=O) groups excluding carboxylic acids is 1. The van der Waals surface area contributed by atoms with Crippen molar-refractivity contribution < 1.29 is 4.79 Å². The van der Waals surface area contributed by atoms with Crippen LogP contribution in [0, 0.1) is 11.8 Å². The smallest absolute Gasteiger partial charge is 0.298 e. The number of rotatable bonds is 2. The van der Waals surface area contributed by atoms with Crippen LogP contribution in [0.4, 0.5) is 0 Å². The number of carbonyl (C=O) groups is 1. The van der Waals surface area contributed by atoms with E-state index in [1.165, 1.54) is 0 Å². The zero-order valence-corrected chi connectivity index (χ0v) is 8.05. The van der Waals surface area contributed by atoms with Gasteiger partial charge in [0.1, 0.15) is 0 Å². The molecule has 0 aromatic heterocycles. The quantitative estimate of drug-likeness (QED) is 0.623. The van der Waals surface area contributed by atoms with Crippen LogP contribution in [0.15, 0.2) is 0 Å². The first-order valence-electron chi connectivity index (χ1n) is 4.73. The van der Waals surface area contributed by atoms with Crippen molar-refractivity contribution in [3.8, 4) is 11.8 Å². The van der Waals surface area contributed by atoms with Crippen molar-refractivity contribution in [2.75, 3.05) is 13.1 Å². The van der Waals surface area contributed by atoms with E-state index < -0.39 is 0 Å². The third-order valence-corrected chi connectivity index (χ3v) is 2.37. The third-order valence-electron chi connectivity index (χ3n) is 2.37. The Bertz CT molecular complexity index is 239. The van der Waals surface area contributed by atoms with E-state index in [1.54, 1.807) is 6.92 Å². The minimum Gasteiger partial charge on any atom is -0.330 e. The molecular weight excluding hydrogens is 164 g/mol. The summed E-state index contributed by atoms with van der Waals surface area (Å²) in [5, 5.41) is 0. The van der Waals surface area contributed by atoms with E-state index in [-0.39, 0.29) is 5.91 Å². The minimum atomic E-state index is -0.0431. The molecule has 0 aliphatic carbocycles. The summed E-state index contributed by atoms with van der Waals surface area (Å²) < 4.78 is 0. The van der Waals surface area contributed by atoms with Crippen molar-refractivity contribution in [1.29, 1.82) is 0 Å². The van der Waals surface area contributed by atoms with Gasteiger partial charge in [-0.25, -0.2) is 0 Å². The molecule has 1 amide bonds. The molecule has 1 aliphatic heterocycles. The van der Waals surface area contributed by atoms with Gasteiger partial charge in [-0.15, -0.1) is 0 Å². The summed E-state index contributed by atoms with van der Waals surface area (Å²) in [6.45, 7) is 3.18. The number of nitrogens with zero attached hydrogens (tertiary/aromatic N) is 1. The highest BCUT2D eigenvalue weighted by molar-refractivity contribution is 5.93. The minimum absolute atomic E-state index is 0.0431. The summed E-state index contributed by atoms with van der Waals surface area (Å²) >= 11 is 0. The van der Waals surface area contributed by atoms with Crippen LogP contribution < -0.4 is 5.73 Å². The molecule has 1 atom stereocenters. The average Bonchev–Trinajstić information content (AvgIpc) is 2.54. The van der Waals surface area contributed by atoms with Crippen LogP contribution in [-0.2, 0) is 4.79 Å². The van der Waals surface area contributed by atoms with Gasteiger partial charge in [0.25, 0.3) is 5.91 Å². The molecule has 0 bridgehead atoms. The van der Waals surface area contributed by atoms with Crippen molar-refractivity contribution in [2.45, 2.75) is 32.2 Å². The van der Waals surface area contributed by atoms with Gasteiger partial charge >= 0.3 is 0 Å². The van der Waals surface area contributed by atoms with Crippen LogP contribution in [0.5, 0.6) is 0 Å². The fourth-order valence-electron chi connectivity index (χ4n) is 1.77. The lowest BCUT2D eigenvalue weighted by atomic mass is 10.1. The van der Waals surface area contributed by atoms with Gasteiger partial charge in [0.05, 0.1) is 0 Å². The summed E-state index contributed by atoms with van der Waals surface area (Å²) in [7, 11) is 0. The second-order valence-electron chi connectivity index (χ2n) is 3.25. The average molecular weight is 180 g/mol. The van der Waals surface area contributed by atoms with Crippen LogP contribution in [0.2, 0.25) is 0 Å². The van der Waals surface area contributed by atoms with Gasteiger partial charge in [0.15, 0.2) is 0 Å². The Kier molecular flexibility index (Phi) is 3.78. The monoisotopic (exact) mass is 180 g/mol. The van der Waals surface area contributed by atoms with E-state index in [1.807, 2.05) is 4.90 Å². The topological polar surface area (TPSA) is 46.3 Å². The lowest BCUT2D eigenvalue weighted by Gasteiger charge is -2.21. The third kappa shape index (κ3) is 2.46. The van der Waals surface area contributed by atoms with Gasteiger partial charge in [-0.05, 0) is 38.7 Å². The van der Waals surface area contributed by atoms with Crippen LogP contribution >= 0.6 is 0 Å². The van der Waals surface area contributed by atoms with Gasteiger partial charge in [0.2, 0.25) is 0 Å². The molecule has 13 heavy (non-hydrogen) atoms. The van der Waals surface area contributed by atoms with Crippen LogP contribution in [0.3, 0.4) is 0 Å². The zero-order valence-electron chi connectivity index (χ0n) is 8.05. The summed E-state index contributed by atoms with van der Waals surface area (Å²) in [6.07, 6.45) is 3.06. The highest BCUT2D eigenvalue weighted by atomic mass is 16.2. The molecule has 3 nitrogen and oxygen atoms in total. The number of hydrogen-bond acceptors (Lipinski definition) is 2. The molecular formula is C10H16N2O. The van der Waals surface area contributed by atoms with Crippen molar-refractivity contribution in [1.82, 2.24) is 4.90 Å². The number of likely N-dealkylation sites (tertiary alicyclic amines) is 1. The van der Waals surface area contributed by atoms with E-state index in [0.717, 1.165) is 25.8 Å². The Morgan fingerprint density at radius 2 is 2.46 bits per heavy atom. The zero-order chi connectivity index (χ0) is 9.68. The Balaban J connectivity index is 2.55. The molecule has 2 N–H and O–H groups in total. The lowest BCUT2D eigenvalue weighted by Crippen LogP contribution is -2.35. The Labute approximate surface area is 79.3 Å². The fraction of sp³-hybridized carbons (Fsp3) is 0.700. The largest absolute Gasteiger partial charge is 0.330 e. The molecule has 0 saturated carbocycles. The highest BCUT2D eigenvalue weighted by Gasteiger charge is 2.26. The number of hydrogen-bond donors (Lipinski definition) is 1. The van der Waals surface area contributed by atoms with E-state index in [0.29, 0.717) is 12.6 Å².